The molecule has 0 radical (unpaired) electrons. The normalized spacial score (nSPS) is 36.4. The third-order valence-corrected chi connectivity index (χ3v) is 5.59. The summed E-state index contributed by atoms with van der Waals surface area (Å²) in [6, 6.07) is 1.62. The Hall–Kier alpha value is 0.270. The van der Waals surface area contributed by atoms with Crippen LogP contribution < -0.4 is 5.32 Å². The van der Waals surface area contributed by atoms with Crippen LogP contribution in [-0.4, -0.2) is 48.1 Å². The average molecular weight is 256 g/mol. The maximum absolute atomic E-state index is 3.56. The van der Waals surface area contributed by atoms with Gasteiger partial charge in [-0.1, -0.05) is 20.3 Å². The molecule has 0 aromatic carbocycles. The summed E-state index contributed by atoms with van der Waals surface area (Å²) in [4.78, 5) is 2.82. The van der Waals surface area contributed by atoms with Crippen LogP contribution in [0.25, 0.3) is 0 Å². The van der Waals surface area contributed by atoms with E-state index in [2.05, 4.69) is 42.1 Å². The van der Waals surface area contributed by atoms with Gasteiger partial charge in [-0.3, -0.25) is 4.90 Å². The van der Waals surface area contributed by atoms with Gasteiger partial charge in [-0.15, -0.1) is 0 Å². The molecular formula is C14H28N2S. The molecule has 0 bridgehead atoms. The lowest BCUT2D eigenvalue weighted by Gasteiger charge is -2.46. The Morgan fingerprint density at radius 1 is 1.29 bits per heavy atom. The SMILES string of the molecule is CSC1CCCC(N2CCNCC2C(C)C)C1. The topological polar surface area (TPSA) is 15.3 Å². The van der Waals surface area contributed by atoms with Crippen molar-refractivity contribution in [2.24, 2.45) is 5.92 Å². The lowest BCUT2D eigenvalue weighted by Crippen LogP contribution is -2.58. The summed E-state index contributed by atoms with van der Waals surface area (Å²) in [6.45, 7) is 8.38. The van der Waals surface area contributed by atoms with Gasteiger partial charge in [-0.25, -0.2) is 0 Å². The fraction of sp³-hybridized carbons (Fsp3) is 1.00. The minimum absolute atomic E-state index is 0.759. The van der Waals surface area contributed by atoms with Gasteiger partial charge in [0.25, 0.3) is 0 Å². The Labute approximate surface area is 111 Å². The van der Waals surface area contributed by atoms with E-state index in [-0.39, 0.29) is 0 Å². The van der Waals surface area contributed by atoms with Crippen LogP contribution in [0.1, 0.15) is 39.5 Å². The van der Waals surface area contributed by atoms with E-state index in [0.29, 0.717) is 0 Å². The van der Waals surface area contributed by atoms with Crippen molar-refractivity contribution in [1.29, 1.82) is 0 Å². The van der Waals surface area contributed by atoms with E-state index >= 15 is 0 Å². The van der Waals surface area contributed by atoms with Crippen LogP contribution in [0, 0.1) is 5.92 Å². The molecule has 3 unspecified atom stereocenters. The third kappa shape index (κ3) is 3.39. The van der Waals surface area contributed by atoms with Crippen molar-refractivity contribution >= 4 is 11.8 Å². The van der Waals surface area contributed by atoms with Crippen molar-refractivity contribution in [2.45, 2.75) is 56.9 Å². The zero-order chi connectivity index (χ0) is 12.3. The van der Waals surface area contributed by atoms with Gasteiger partial charge in [-0.05, 0) is 31.4 Å². The highest BCUT2D eigenvalue weighted by Gasteiger charge is 2.33. The first-order valence-electron chi connectivity index (χ1n) is 7.21. The molecule has 2 fully saturated rings. The fourth-order valence-electron chi connectivity index (χ4n) is 3.45. The van der Waals surface area contributed by atoms with Crippen molar-refractivity contribution < 1.29 is 0 Å². The summed E-state index contributed by atoms with van der Waals surface area (Å²) >= 11 is 2.08. The Morgan fingerprint density at radius 2 is 2.12 bits per heavy atom. The van der Waals surface area contributed by atoms with E-state index in [9.17, 15) is 0 Å². The molecule has 3 heteroatoms. The van der Waals surface area contributed by atoms with Gasteiger partial charge < -0.3 is 5.32 Å². The number of thioether (sulfide) groups is 1. The van der Waals surface area contributed by atoms with E-state index in [1.807, 2.05) is 0 Å². The highest BCUT2D eigenvalue weighted by atomic mass is 32.2. The molecule has 17 heavy (non-hydrogen) atoms. The molecule has 1 heterocycles. The first-order chi connectivity index (χ1) is 8.22. The van der Waals surface area contributed by atoms with E-state index in [1.165, 1.54) is 45.3 Å². The molecule has 0 aromatic heterocycles. The largest absolute Gasteiger partial charge is 0.314 e. The monoisotopic (exact) mass is 256 g/mol. The quantitative estimate of drug-likeness (QED) is 0.835. The lowest BCUT2D eigenvalue weighted by atomic mass is 9.90. The van der Waals surface area contributed by atoms with E-state index in [1.54, 1.807) is 0 Å². The second-order valence-corrected chi connectivity index (χ2v) is 7.07. The highest BCUT2D eigenvalue weighted by molar-refractivity contribution is 7.99. The van der Waals surface area contributed by atoms with Gasteiger partial charge >= 0.3 is 0 Å². The second-order valence-electron chi connectivity index (χ2n) is 5.93. The average Bonchev–Trinajstić information content (AvgIpc) is 2.39. The summed E-state index contributed by atoms with van der Waals surface area (Å²) in [6.07, 6.45) is 8.01. The van der Waals surface area contributed by atoms with Gasteiger partial charge in [0.05, 0.1) is 0 Å². The zero-order valence-corrected chi connectivity index (χ0v) is 12.4. The van der Waals surface area contributed by atoms with Crippen LogP contribution >= 0.6 is 11.8 Å². The molecule has 0 spiro atoms. The van der Waals surface area contributed by atoms with E-state index < -0.39 is 0 Å². The Bertz CT molecular complexity index is 232. The molecule has 100 valence electrons. The molecular weight excluding hydrogens is 228 g/mol. The number of nitrogens with zero attached hydrogens (tertiary/aromatic N) is 1. The highest BCUT2D eigenvalue weighted by Crippen LogP contribution is 2.32. The van der Waals surface area contributed by atoms with Crippen molar-refractivity contribution in [1.82, 2.24) is 10.2 Å². The van der Waals surface area contributed by atoms with Crippen molar-refractivity contribution in [3.05, 3.63) is 0 Å². The van der Waals surface area contributed by atoms with Gasteiger partial charge in [0.2, 0.25) is 0 Å². The molecule has 0 amide bonds. The summed E-state index contributed by atoms with van der Waals surface area (Å²) < 4.78 is 0. The standard InChI is InChI=1S/C14H28N2S/c1-11(2)14-10-15-7-8-16(14)12-5-4-6-13(9-12)17-3/h11-15H,4-10H2,1-3H3. The molecule has 1 N–H and O–H groups in total. The van der Waals surface area contributed by atoms with Crippen molar-refractivity contribution in [3.63, 3.8) is 0 Å². The summed E-state index contributed by atoms with van der Waals surface area (Å²) in [5, 5.41) is 4.48. The van der Waals surface area contributed by atoms with Crippen LogP contribution in [0.2, 0.25) is 0 Å². The van der Waals surface area contributed by atoms with Gasteiger partial charge in [-0.2, -0.15) is 11.8 Å². The van der Waals surface area contributed by atoms with Crippen LogP contribution in [0.3, 0.4) is 0 Å². The molecule has 0 aromatic rings. The number of nitrogens with one attached hydrogen (secondary N) is 1. The van der Waals surface area contributed by atoms with Crippen LogP contribution in [0.5, 0.6) is 0 Å². The molecule has 2 rings (SSSR count). The summed E-state index contributed by atoms with van der Waals surface area (Å²) in [5.41, 5.74) is 0. The van der Waals surface area contributed by atoms with Gasteiger partial charge in [0.15, 0.2) is 0 Å². The molecule has 3 atom stereocenters. The predicted octanol–water partition coefficient (Wildman–Crippen LogP) is 2.59. The lowest BCUT2D eigenvalue weighted by molar-refractivity contribution is 0.0593. The molecule has 1 aliphatic heterocycles. The smallest absolute Gasteiger partial charge is 0.0247 e. The summed E-state index contributed by atoms with van der Waals surface area (Å²) in [5.74, 6) is 0.775. The molecule has 2 aliphatic rings. The predicted molar refractivity (Wildman–Crippen MR) is 77.8 cm³/mol. The van der Waals surface area contributed by atoms with Crippen LogP contribution in [0.15, 0.2) is 0 Å². The second kappa shape index (κ2) is 6.44. The minimum atomic E-state index is 0.759. The fourth-order valence-corrected chi connectivity index (χ4v) is 4.27. The zero-order valence-electron chi connectivity index (χ0n) is 11.6. The Morgan fingerprint density at radius 3 is 2.82 bits per heavy atom. The van der Waals surface area contributed by atoms with Crippen LogP contribution in [-0.2, 0) is 0 Å². The number of piperazine rings is 1. The van der Waals surface area contributed by atoms with E-state index in [0.717, 1.165) is 23.3 Å². The Kier molecular flexibility index (Phi) is 5.19. The van der Waals surface area contributed by atoms with Crippen LogP contribution in [0.4, 0.5) is 0 Å². The van der Waals surface area contributed by atoms with Gasteiger partial charge in [0, 0.05) is 37.0 Å². The molecule has 1 saturated carbocycles. The summed E-state index contributed by atoms with van der Waals surface area (Å²) in [7, 11) is 0. The van der Waals surface area contributed by atoms with Gasteiger partial charge in [0.1, 0.15) is 0 Å². The first kappa shape index (κ1) is 13.7. The third-order valence-electron chi connectivity index (χ3n) is 4.50. The number of hydrogen-bond acceptors (Lipinski definition) is 3. The van der Waals surface area contributed by atoms with Crippen molar-refractivity contribution in [3.8, 4) is 0 Å². The maximum atomic E-state index is 3.56. The minimum Gasteiger partial charge on any atom is -0.314 e. The molecule has 1 aliphatic carbocycles. The molecule has 2 nitrogen and oxygen atoms in total. The van der Waals surface area contributed by atoms with Crippen molar-refractivity contribution in [2.75, 3.05) is 25.9 Å². The first-order valence-corrected chi connectivity index (χ1v) is 8.50. The Balaban J connectivity index is 1.98. The number of rotatable bonds is 3. The molecule has 1 saturated heterocycles. The van der Waals surface area contributed by atoms with E-state index in [4.69, 9.17) is 0 Å². The maximum Gasteiger partial charge on any atom is 0.0247 e. The number of hydrogen-bond donors (Lipinski definition) is 1.